The summed E-state index contributed by atoms with van der Waals surface area (Å²) in [6.45, 7) is 4.18. The molecule has 0 saturated carbocycles. The smallest absolute Gasteiger partial charge is 0.338 e. The van der Waals surface area contributed by atoms with E-state index in [9.17, 15) is 9.59 Å². The molecule has 3 aromatic rings. The van der Waals surface area contributed by atoms with Crippen molar-refractivity contribution in [3.8, 4) is 5.75 Å². The van der Waals surface area contributed by atoms with Gasteiger partial charge in [0.25, 0.3) is 5.56 Å². The second-order valence-electron chi connectivity index (χ2n) is 5.99. The van der Waals surface area contributed by atoms with Crippen LogP contribution < -0.4 is 10.3 Å². The number of carbonyl (C=O) groups is 1. The minimum absolute atomic E-state index is 0.0271. The second-order valence-corrected chi connectivity index (χ2v) is 6.80. The molecular weight excluding hydrogens is 403 g/mol. The first-order chi connectivity index (χ1) is 13.4. The van der Waals surface area contributed by atoms with E-state index in [4.69, 9.17) is 32.7 Å². The average Bonchev–Trinajstić information content (AvgIpc) is 2.67. The molecule has 6 nitrogen and oxygen atoms in total. The number of rotatable bonds is 6. The van der Waals surface area contributed by atoms with Gasteiger partial charge in [0.2, 0.25) is 0 Å². The van der Waals surface area contributed by atoms with Crippen molar-refractivity contribution >= 4 is 40.2 Å². The Morgan fingerprint density at radius 3 is 2.54 bits per heavy atom. The van der Waals surface area contributed by atoms with Crippen molar-refractivity contribution in [3.05, 3.63) is 68.1 Å². The van der Waals surface area contributed by atoms with E-state index in [0.717, 1.165) is 0 Å². The molecule has 0 spiro atoms. The van der Waals surface area contributed by atoms with Crippen LogP contribution in [-0.4, -0.2) is 28.7 Å². The molecule has 0 aliphatic rings. The summed E-state index contributed by atoms with van der Waals surface area (Å²) in [4.78, 5) is 28.7. The van der Waals surface area contributed by atoms with Gasteiger partial charge >= 0.3 is 5.97 Å². The molecule has 0 fully saturated rings. The first kappa shape index (κ1) is 20.2. The van der Waals surface area contributed by atoms with Crippen LogP contribution in [0.15, 0.2) is 41.2 Å². The Balaban J connectivity index is 1.68. The van der Waals surface area contributed by atoms with E-state index in [1.807, 2.05) is 6.92 Å². The molecule has 2 aromatic carbocycles. The van der Waals surface area contributed by atoms with Crippen LogP contribution in [-0.2, 0) is 11.3 Å². The fourth-order valence-corrected chi connectivity index (χ4v) is 3.30. The lowest BCUT2D eigenvalue weighted by atomic mass is 10.2. The molecule has 0 amide bonds. The van der Waals surface area contributed by atoms with Gasteiger partial charge in [0, 0.05) is 6.54 Å². The maximum Gasteiger partial charge on any atom is 0.338 e. The maximum atomic E-state index is 12.3. The maximum absolute atomic E-state index is 12.3. The summed E-state index contributed by atoms with van der Waals surface area (Å²) in [5.41, 5.74) is 1.82. The van der Waals surface area contributed by atoms with Crippen LogP contribution in [0.4, 0.5) is 0 Å². The molecule has 1 heterocycles. The van der Waals surface area contributed by atoms with Crippen molar-refractivity contribution in [2.45, 2.75) is 20.4 Å². The topological polar surface area (TPSA) is 70.4 Å². The van der Waals surface area contributed by atoms with Gasteiger partial charge in [-0.25, -0.2) is 9.78 Å². The summed E-state index contributed by atoms with van der Waals surface area (Å²) in [6.07, 6.45) is 0. The number of fused-ring (bicyclic) bond motifs is 1. The largest absolute Gasteiger partial charge is 0.487 e. The van der Waals surface area contributed by atoms with Crippen molar-refractivity contribution in [2.75, 3.05) is 13.2 Å². The Hall–Kier alpha value is -2.57. The van der Waals surface area contributed by atoms with E-state index >= 15 is 0 Å². The molecule has 1 aromatic heterocycles. The Kier molecular flexibility index (Phi) is 6.21. The minimum Gasteiger partial charge on any atom is -0.487 e. The highest BCUT2D eigenvalue weighted by Gasteiger charge is 2.13. The fraction of sp³-hybridized carbons (Fsp3) is 0.250. The highest BCUT2D eigenvalue weighted by Crippen LogP contribution is 2.32. The Morgan fingerprint density at radius 1 is 1.14 bits per heavy atom. The van der Waals surface area contributed by atoms with Gasteiger partial charge in [0.1, 0.15) is 18.9 Å². The number of esters is 1. The summed E-state index contributed by atoms with van der Waals surface area (Å²) >= 11 is 12.0. The van der Waals surface area contributed by atoms with E-state index in [-0.39, 0.29) is 18.8 Å². The van der Waals surface area contributed by atoms with Gasteiger partial charge in [-0.3, -0.25) is 4.79 Å². The van der Waals surface area contributed by atoms with Gasteiger partial charge in [0.05, 0.1) is 26.6 Å². The lowest BCUT2D eigenvalue weighted by Gasteiger charge is -2.11. The van der Waals surface area contributed by atoms with E-state index in [1.54, 1.807) is 47.9 Å². The Bertz CT molecular complexity index is 1080. The summed E-state index contributed by atoms with van der Waals surface area (Å²) in [5.74, 6) is -0.158. The lowest BCUT2D eigenvalue weighted by molar-refractivity contribution is 0.0451. The summed E-state index contributed by atoms with van der Waals surface area (Å²) in [6, 6.07) is 9.96. The standard InChI is InChI=1S/C20H18Cl2N2O4/c1-3-24-17-8-7-13(11-16(17)23-12(2)19(24)25)20(26)28-10-9-27-18-14(21)5-4-6-15(18)22/h4-8,11H,3,9-10H2,1-2H3. The molecule has 0 bridgehead atoms. The molecule has 0 atom stereocenters. The number of aryl methyl sites for hydroxylation is 2. The van der Waals surface area contributed by atoms with Crippen molar-refractivity contribution < 1.29 is 14.3 Å². The van der Waals surface area contributed by atoms with Crippen LogP contribution in [0.3, 0.4) is 0 Å². The number of halogens is 2. The second kappa shape index (κ2) is 8.63. The van der Waals surface area contributed by atoms with Crippen molar-refractivity contribution in [3.63, 3.8) is 0 Å². The number of aromatic nitrogens is 2. The minimum atomic E-state index is -0.510. The summed E-state index contributed by atoms with van der Waals surface area (Å²) in [7, 11) is 0. The average molecular weight is 421 g/mol. The Morgan fingerprint density at radius 2 is 1.86 bits per heavy atom. The first-order valence-electron chi connectivity index (χ1n) is 8.67. The zero-order chi connectivity index (χ0) is 20.3. The quantitative estimate of drug-likeness (QED) is 0.439. The zero-order valence-electron chi connectivity index (χ0n) is 15.4. The van der Waals surface area contributed by atoms with Gasteiger partial charge in [-0.15, -0.1) is 0 Å². The highest BCUT2D eigenvalue weighted by atomic mass is 35.5. The summed E-state index contributed by atoms with van der Waals surface area (Å²) < 4.78 is 12.4. The van der Waals surface area contributed by atoms with Crippen molar-refractivity contribution in [2.24, 2.45) is 0 Å². The third kappa shape index (κ3) is 4.13. The zero-order valence-corrected chi connectivity index (χ0v) is 16.9. The first-order valence-corrected chi connectivity index (χ1v) is 9.43. The number of carbonyl (C=O) groups excluding carboxylic acids is 1. The van der Waals surface area contributed by atoms with Gasteiger partial charge in [0.15, 0.2) is 5.75 Å². The number of hydrogen-bond acceptors (Lipinski definition) is 5. The predicted octanol–water partition coefficient (Wildman–Crippen LogP) is 4.27. The van der Waals surface area contributed by atoms with Crippen LogP contribution in [0.1, 0.15) is 23.0 Å². The number of benzene rings is 2. The molecule has 28 heavy (non-hydrogen) atoms. The third-order valence-electron chi connectivity index (χ3n) is 4.14. The molecule has 0 saturated heterocycles. The highest BCUT2D eigenvalue weighted by molar-refractivity contribution is 6.37. The number of ether oxygens (including phenoxy) is 2. The van der Waals surface area contributed by atoms with Gasteiger partial charge in [-0.2, -0.15) is 0 Å². The third-order valence-corrected chi connectivity index (χ3v) is 4.74. The molecule has 0 aliphatic carbocycles. The van der Waals surface area contributed by atoms with Crippen molar-refractivity contribution in [1.29, 1.82) is 0 Å². The Labute approximate surface area is 171 Å². The molecule has 0 N–H and O–H groups in total. The van der Waals surface area contributed by atoms with Crippen LogP contribution in [0, 0.1) is 6.92 Å². The van der Waals surface area contributed by atoms with Crippen molar-refractivity contribution in [1.82, 2.24) is 9.55 Å². The van der Waals surface area contributed by atoms with Crippen LogP contribution in [0.2, 0.25) is 10.0 Å². The lowest BCUT2D eigenvalue weighted by Crippen LogP contribution is -2.23. The molecular formula is C20H18Cl2N2O4. The summed E-state index contributed by atoms with van der Waals surface area (Å²) in [5, 5.41) is 0.772. The molecule has 0 aliphatic heterocycles. The monoisotopic (exact) mass is 420 g/mol. The molecule has 146 valence electrons. The predicted molar refractivity (Wildman–Crippen MR) is 109 cm³/mol. The molecule has 3 rings (SSSR count). The molecule has 0 unspecified atom stereocenters. The molecule has 8 heteroatoms. The number of para-hydroxylation sites is 1. The van der Waals surface area contributed by atoms with E-state index in [1.165, 1.54) is 0 Å². The SMILES string of the molecule is CCn1c(=O)c(C)nc2cc(C(=O)OCCOc3c(Cl)cccc3Cl)ccc21. The van der Waals surface area contributed by atoms with Gasteiger partial charge in [-0.1, -0.05) is 29.3 Å². The molecule has 0 radical (unpaired) electrons. The fourth-order valence-electron chi connectivity index (χ4n) is 2.80. The number of hydrogen-bond donors (Lipinski definition) is 0. The van der Waals surface area contributed by atoms with E-state index in [2.05, 4.69) is 4.98 Å². The van der Waals surface area contributed by atoms with E-state index in [0.29, 0.717) is 44.6 Å². The normalized spacial score (nSPS) is 10.9. The number of nitrogens with zero attached hydrogens (tertiary/aromatic N) is 2. The van der Waals surface area contributed by atoms with Gasteiger partial charge < -0.3 is 14.0 Å². The van der Waals surface area contributed by atoms with Crippen LogP contribution in [0.25, 0.3) is 11.0 Å². The van der Waals surface area contributed by atoms with Gasteiger partial charge in [-0.05, 0) is 44.2 Å². The van der Waals surface area contributed by atoms with Crippen LogP contribution >= 0.6 is 23.2 Å². The van der Waals surface area contributed by atoms with E-state index < -0.39 is 5.97 Å². The van der Waals surface area contributed by atoms with Crippen LogP contribution in [0.5, 0.6) is 5.75 Å².